The van der Waals surface area contributed by atoms with Crippen LogP contribution in [0.1, 0.15) is 32.4 Å². The molecule has 158 valence electrons. The van der Waals surface area contributed by atoms with E-state index in [0.717, 1.165) is 0 Å². The van der Waals surface area contributed by atoms with Crippen LogP contribution in [0.3, 0.4) is 0 Å². The molecule has 0 amide bonds. The van der Waals surface area contributed by atoms with Crippen LogP contribution in [0.5, 0.6) is 11.5 Å². The second kappa shape index (κ2) is 8.69. The number of ether oxygens (including phenoxy) is 3. The molecule has 0 N–H and O–H groups in total. The number of methoxy groups -OCH3 is 1. The lowest BCUT2D eigenvalue weighted by Gasteiger charge is -2.16. The van der Waals surface area contributed by atoms with Gasteiger partial charge in [-0.25, -0.2) is 9.18 Å². The van der Waals surface area contributed by atoms with Crippen molar-refractivity contribution in [3.63, 3.8) is 0 Å². The number of allylic oxidation sites excluding steroid dienone is 1. The largest absolute Gasteiger partial charge is 0.466 e. The van der Waals surface area contributed by atoms with Gasteiger partial charge < -0.3 is 14.2 Å². The molecule has 1 fully saturated rings. The summed E-state index contributed by atoms with van der Waals surface area (Å²) in [7, 11) is 1.30. The van der Waals surface area contributed by atoms with Crippen LogP contribution in [-0.4, -0.2) is 19.0 Å². The van der Waals surface area contributed by atoms with Crippen LogP contribution < -0.4 is 4.74 Å². The Kier molecular flexibility index (Phi) is 6.25. The summed E-state index contributed by atoms with van der Waals surface area (Å²) in [5, 5.41) is 0. The highest BCUT2D eigenvalue weighted by molar-refractivity contribution is 5.83. The molecule has 30 heavy (non-hydrogen) atoms. The van der Waals surface area contributed by atoms with Crippen LogP contribution in [0.4, 0.5) is 4.39 Å². The van der Waals surface area contributed by atoms with E-state index in [1.54, 1.807) is 43.3 Å². The first kappa shape index (κ1) is 21.6. The van der Waals surface area contributed by atoms with Gasteiger partial charge in [0.1, 0.15) is 11.9 Å². The van der Waals surface area contributed by atoms with E-state index in [0.29, 0.717) is 11.3 Å². The van der Waals surface area contributed by atoms with E-state index in [9.17, 15) is 14.0 Å². The van der Waals surface area contributed by atoms with Crippen molar-refractivity contribution in [2.24, 2.45) is 17.3 Å². The maximum atomic E-state index is 14.2. The van der Waals surface area contributed by atoms with E-state index in [4.69, 9.17) is 9.47 Å². The summed E-state index contributed by atoms with van der Waals surface area (Å²) in [4.78, 5) is 24.0. The Labute approximate surface area is 175 Å². The third kappa shape index (κ3) is 4.70. The molecule has 2 aromatic carbocycles. The highest BCUT2D eigenvalue weighted by atomic mass is 19.1. The second-order valence-electron chi connectivity index (χ2n) is 7.89. The fraction of sp³-hybridized carbons (Fsp3) is 0.333. The van der Waals surface area contributed by atoms with E-state index < -0.39 is 17.9 Å². The molecule has 0 radical (unpaired) electrons. The summed E-state index contributed by atoms with van der Waals surface area (Å²) in [6, 6.07) is 13.3. The van der Waals surface area contributed by atoms with Gasteiger partial charge >= 0.3 is 11.9 Å². The molecule has 6 heteroatoms. The van der Waals surface area contributed by atoms with Gasteiger partial charge in [0.05, 0.1) is 13.0 Å². The van der Waals surface area contributed by atoms with Crippen LogP contribution in [0.2, 0.25) is 0 Å². The predicted octanol–water partition coefficient (Wildman–Crippen LogP) is 5.22. The van der Waals surface area contributed by atoms with Gasteiger partial charge in [-0.15, -0.1) is 0 Å². The molecule has 1 aliphatic rings. The van der Waals surface area contributed by atoms with Gasteiger partial charge in [-0.2, -0.15) is 0 Å². The number of benzene rings is 2. The van der Waals surface area contributed by atoms with E-state index in [2.05, 4.69) is 4.74 Å². The fourth-order valence-corrected chi connectivity index (χ4v) is 3.52. The zero-order valence-corrected chi connectivity index (χ0v) is 17.4. The minimum absolute atomic E-state index is 0.0623. The molecule has 0 aromatic heterocycles. The maximum absolute atomic E-state index is 14.2. The summed E-state index contributed by atoms with van der Waals surface area (Å²) < 4.78 is 30.0. The molecule has 3 unspecified atom stereocenters. The van der Waals surface area contributed by atoms with E-state index in [-0.39, 0.29) is 29.0 Å². The number of para-hydroxylation sites is 1. The van der Waals surface area contributed by atoms with Crippen LogP contribution in [0, 0.1) is 23.1 Å². The van der Waals surface area contributed by atoms with Crippen molar-refractivity contribution in [2.45, 2.75) is 26.9 Å². The quantitative estimate of drug-likeness (QED) is 0.461. The Morgan fingerprint density at radius 3 is 2.50 bits per heavy atom. The molecule has 3 rings (SSSR count). The average molecular weight is 412 g/mol. The van der Waals surface area contributed by atoms with E-state index in [1.165, 1.54) is 25.3 Å². The normalized spacial score (nSPS) is 20.4. The molecule has 0 heterocycles. The molecule has 2 aromatic rings. The molecule has 1 saturated carbocycles. The van der Waals surface area contributed by atoms with Crippen molar-refractivity contribution in [1.29, 1.82) is 0 Å². The number of hydrogen-bond donors (Lipinski definition) is 0. The van der Waals surface area contributed by atoms with Gasteiger partial charge in [-0.05, 0) is 48.1 Å². The van der Waals surface area contributed by atoms with Crippen molar-refractivity contribution in [1.82, 2.24) is 0 Å². The minimum atomic E-state index is -0.585. The molecule has 5 nitrogen and oxygen atoms in total. The molecular formula is C24H25FO5. The molecular weight excluding hydrogens is 387 g/mol. The third-order valence-corrected chi connectivity index (χ3v) is 5.49. The van der Waals surface area contributed by atoms with E-state index in [1.807, 2.05) is 19.9 Å². The van der Waals surface area contributed by atoms with Gasteiger partial charge in [0.25, 0.3) is 0 Å². The van der Waals surface area contributed by atoms with Gasteiger partial charge in [-0.3, -0.25) is 4.79 Å². The fourth-order valence-electron chi connectivity index (χ4n) is 3.52. The lowest BCUT2D eigenvalue weighted by atomic mass is 10.1. The highest BCUT2D eigenvalue weighted by Crippen LogP contribution is 2.59. The van der Waals surface area contributed by atoms with Crippen molar-refractivity contribution >= 4 is 11.9 Å². The smallest absolute Gasteiger partial charge is 0.330 e. The third-order valence-electron chi connectivity index (χ3n) is 5.49. The zero-order valence-electron chi connectivity index (χ0n) is 17.4. The van der Waals surface area contributed by atoms with Crippen LogP contribution >= 0.6 is 0 Å². The Morgan fingerprint density at radius 2 is 1.83 bits per heavy atom. The summed E-state index contributed by atoms with van der Waals surface area (Å²) in [5.74, 6) is -1.22. The maximum Gasteiger partial charge on any atom is 0.330 e. The molecule has 3 atom stereocenters. The number of hydrogen-bond acceptors (Lipinski definition) is 5. The zero-order chi connectivity index (χ0) is 21.9. The molecule has 0 bridgehead atoms. The topological polar surface area (TPSA) is 61.8 Å². The number of rotatable bonds is 7. The predicted molar refractivity (Wildman–Crippen MR) is 109 cm³/mol. The summed E-state index contributed by atoms with van der Waals surface area (Å²) in [6.07, 6.45) is 2.43. The van der Waals surface area contributed by atoms with Crippen molar-refractivity contribution in [2.75, 3.05) is 7.11 Å². The van der Waals surface area contributed by atoms with Crippen molar-refractivity contribution < 1.29 is 28.2 Å². The average Bonchev–Trinajstić information content (AvgIpc) is 3.28. The number of esters is 2. The Morgan fingerprint density at radius 1 is 1.13 bits per heavy atom. The summed E-state index contributed by atoms with van der Waals surface area (Å²) >= 11 is 0. The van der Waals surface area contributed by atoms with Gasteiger partial charge in [0, 0.05) is 6.08 Å². The molecule has 0 spiro atoms. The second-order valence-corrected chi connectivity index (χ2v) is 7.89. The van der Waals surface area contributed by atoms with Gasteiger partial charge in [-0.1, -0.05) is 44.2 Å². The first-order valence-corrected chi connectivity index (χ1v) is 9.73. The molecule has 0 aliphatic heterocycles. The number of carbonyl (C=O) groups excluding carboxylic acids is 2. The molecule has 0 saturated heterocycles. The monoisotopic (exact) mass is 412 g/mol. The first-order chi connectivity index (χ1) is 14.2. The van der Waals surface area contributed by atoms with Crippen molar-refractivity contribution in [3.05, 3.63) is 72.1 Å². The summed E-state index contributed by atoms with van der Waals surface area (Å²) in [6.45, 7) is 5.62. The Balaban J connectivity index is 1.68. The number of halogens is 1. The van der Waals surface area contributed by atoms with Gasteiger partial charge in [0.15, 0.2) is 11.6 Å². The number of carbonyl (C=O) groups is 2. The summed E-state index contributed by atoms with van der Waals surface area (Å²) in [5.41, 5.74) is 0.307. The Bertz CT molecular complexity index is 951. The van der Waals surface area contributed by atoms with E-state index >= 15 is 0 Å². The first-order valence-electron chi connectivity index (χ1n) is 9.73. The SMILES string of the molecule is COC(=O)/C=C/C1C(C(=O)OC(C)c2ccc(F)c(Oc3ccccc3)c2)C1(C)C. The molecule has 1 aliphatic carbocycles. The lowest BCUT2D eigenvalue weighted by Crippen LogP contribution is -2.13. The van der Waals surface area contributed by atoms with Crippen molar-refractivity contribution in [3.8, 4) is 11.5 Å². The highest BCUT2D eigenvalue weighted by Gasteiger charge is 2.61. The minimum Gasteiger partial charge on any atom is -0.466 e. The van der Waals surface area contributed by atoms with Crippen LogP contribution in [0.15, 0.2) is 60.7 Å². The van der Waals surface area contributed by atoms with Gasteiger partial charge in [0.2, 0.25) is 0 Å². The van der Waals surface area contributed by atoms with Crippen LogP contribution in [0.25, 0.3) is 0 Å². The standard InChI is InChI=1S/C24H25FO5/c1-15(29-23(27)22-18(24(22,2)3)11-13-21(26)28-4)16-10-12-19(25)20(14-16)30-17-8-6-5-7-9-17/h5-15,18,22H,1-4H3/b13-11+. The Hall–Kier alpha value is -3.15. The lowest BCUT2D eigenvalue weighted by molar-refractivity contribution is -0.151. The van der Waals surface area contributed by atoms with Crippen LogP contribution in [-0.2, 0) is 19.1 Å².